The minimum absolute atomic E-state index is 0.0378. The van der Waals surface area contributed by atoms with Crippen LogP contribution in [-0.2, 0) is 16.1 Å². The molecule has 1 aromatic heterocycles. The number of hydrogen-bond donors (Lipinski definition) is 1. The first-order valence-electron chi connectivity index (χ1n) is 12.5. The molecule has 1 saturated heterocycles. The largest absolute Gasteiger partial charge is 0.497 e. The van der Waals surface area contributed by atoms with Crippen LogP contribution in [0.25, 0.3) is 28.0 Å². The van der Waals surface area contributed by atoms with Gasteiger partial charge in [-0.05, 0) is 69.8 Å². The number of benzene rings is 2. The third-order valence-corrected chi connectivity index (χ3v) is 6.59. The van der Waals surface area contributed by atoms with Gasteiger partial charge in [0.1, 0.15) is 30.0 Å². The van der Waals surface area contributed by atoms with Crippen molar-refractivity contribution >= 4 is 22.6 Å². The quantitative estimate of drug-likeness (QED) is 0.523. The van der Waals surface area contributed by atoms with Gasteiger partial charge >= 0.3 is 0 Å². The van der Waals surface area contributed by atoms with Gasteiger partial charge in [0.2, 0.25) is 5.91 Å². The lowest BCUT2D eigenvalue weighted by molar-refractivity contribution is -0.122. The Morgan fingerprint density at radius 2 is 2.03 bits per heavy atom. The van der Waals surface area contributed by atoms with Gasteiger partial charge in [-0.3, -0.25) is 19.1 Å². The summed E-state index contributed by atoms with van der Waals surface area (Å²) >= 11 is 0. The molecule has 1 amide bonds. The van der Waals surface area contributed by atoms with E-state index >= 15 is 0 Å². The summed E-state index contributed by atoms with van der Waals surface area (Å²) in [5, 5.41) is 3.32. The minimum atomic E-state index is -0.269. The van der Waals surface area contributed by atoms with Gasteiger partial charge in [0, 0.05) is 30.1 Å². The van der Waals surface area contributed by atoms with Crippen LogP contribution in [0.3, 0.4) is 0 Å². The van der Waals surface area contributed by atoms with Crippen molar-refractivity contribution in [3.05, 3.63) is 64.5 Å². The smallest absolute Gasteiger partial charge is 0.262 e. The van der Waals surface area contributed by atoms with Crippen molar-refractivity contribution in [2.45, 2.75) is 45.4 Å². The van der Waals surface area contributed by atoms with Gasteiger partial charge in [-0.15, -0.1) is 0 Å². The monoisotopic (exact) mass is 488 g/mol. The summed E-state index contributed by atoms with van der Waals surface area (Å²) in [6, 6.07) is 12.9. The van der Waals surface area contributed by atoms with Gasteiger partial charge in [-0.2, -0.15) is 0 Å². The third kappa shape index (κ3) is 4.99. The van der Waals surface area contributed by atoms with E-state index in [1.54, 1.807) is 7.11 Å². The highest BCUT2D eigenvalue weighted by Gasteiger charge is 2.25. The molecule has 0 aliphatic carbocycles. The van der Waals surface area contributed by atoms with Gasteiger partial charge < -0.3 is 14.8 Å². The zero-order valence-electron chi connectivity index (χ0n) is 21.0. The van der Waals surface area contributed by atoms with Gasteiger partial charge in [0.15, 0.2) is 0 Å². The van der Waals surface area contributed by atoms with Crippen molar-refractivity contribution in [2.24, 2.45) is 0 Å². The highest BCUT2D eigenvalue weighted by atomic mass is 16.5. The number of amides is 1. The first kappa shape index (κ1) is 24.1. The van der Waals surface area contributed by atoms with Gasteiger partial charge in [0.05, 0.1) is 18.0 Å². The lowest BCUT2D eigenvalue weighted by Crippen LogP contribution is -2.42. The maximum atomic E-state index is 13.8. The molecule has 2 aromatic carbocycles. The molecule has 8 heteroatoms. The Hall–Kier alpha value is -3.65. The number of aromatic nitrogens is 2. The van der Waals surface area contributed by atoms with E-state index in [1.165, 1.54) is 11.0 Å². The molecule has 1 atom stereocenters. The highest BCUT2D eigenvalue weighted by molar-refractivity contribution is 5.84. The Morgan fingerprint density at radius 1 is 1.19 bits per heavy atom. The molecule has 2 aliphatic rings. The summed E-state index contributed by atoms with van der Waals surface area (Å²) < 4.78 is 13.0. The van der Waals surface area contributed by atoms with Crippen LogP contribution in [0.15, 0.2) is 53.3 Å². The van der Waals surface area contributed by atoms with Crippen molar-refractivity contribution in [1.29, 1.82) is 0 Å². The second-order valence-corrected chi connectivity index (χ2v) is 9.71. The van der Waals surface area contributed by atoms with Crippen molar-refractivity contribution in [1.82, 2.24) is 19.8 Å². The predicted octanol–water partition coefficient (Wildman–Crippen LogP) is 3.43. The van der Waals surface area contributed by atoms with Crippen LogP contribution < -0.4 is 15.6 Å². The molecule has 0 radical (unpaired) electrons. The van der Waals surface area contributed by atoms with E-state index in [0.29, 0.717) is 28.0 Å². The molecule has 1 unspecified atom stereocenters. The second kappa shape index (κ2) is 10.1. The maximum Gasteiger partial charge on any atom is 0.262 e. The fourth-order valence-electron chi connectivity index (χ4n) is 4.68. The van der Waals surface area contributed by atoms with Gasteiger partial charge in [0.25, 0.3) is 5.56 Å². The Kier molecular flexibility index (Phi) is 6.78. The van der Waals surface area contributed by atoms with Crippen LogP contribution in [0.4, 0.5) is 0 Å². The number of fused-ring (bicyclic) bond motifs is 1. The number of carbonyl (C=O) groups excluding carboxylic acids is 1. The van der Waals surface area contributed by atoms with Crippen LogP contribution in [0.2, 0.25) is 0 Å². The number of nitrogens with one attached hydrogen (secondary N) is 1. The summed E-state index contributed by atoms with van der Waals surface area (Å²) in [6.45, 7) is 6.84. The Balaban J connectivity index is 1.53. The van der Waals surface area contributed by atoms with Gasteiger partial charge in [-0.25, -0.2) is 4.98 Å². The molecule has 36 heavy (non-hydrogen) atoms. The van der Waals surface area contributed by atoms with Crippen LogP contribution in [0.1, 0.15) is 32.3 Å². The number of nitrogens with zero attached hydrogens (tertiary/aromatic N) is 3. The van der Waals surface area contributed by atoms with Crippen molar-refractivity contribution in [2.75, 3.05) is 26.7 Å². The third-order valence-electron chi connectivity index (χ3n) is 6.59. The molecule has 3 heterocycles. The zero-order chi connectivity index (χ0) is 25.2. The number of likely N-dealkylation sites (tertiary alicyclic amines) is 1. The number of carbonyl (C=O) groups is 1. The van der Waals surface area contributed by atoms with Crippen molar-refractivity contribution in [3.63, 3.8) is 0 Å². The first-order valence-corrected chi connectivity index (χ1v) is 12.5. The predicted molar refractivity (Wildman–Crippen MR) is 140 cm³/mol. The van der Waals surface area contributed by atoms with E-state index in [1.807, 2.05) is 56.3 Å². The molecule has 1 N–H and O–H groups in total. The van der Waals surface area contributed by atoms with Crippen molar-refractivity contribution in [3.8, 4) is 17.1 Å². The van der Waals surface area contributed by atoms with Crippen molar-refractivity contribution < 1.29 is 14.3 Å². The van der Waals surface area contributed by atoms with Crippen LogP contribution in [-0.4, -0.2) is 59.2 Å². The molecule has 5 rings (SSSR count). The molecule has 188 valence electrons. The molecule has 2 aliphatic heterocycles. The van der Waals surface area contributed by atoms with Crippen LogP contribution in [0, 0.1) is 0 Å². The van der Waals surface area contributed by atoms with E-state index in [9.17, 15) is 9.59 Å². The van der Waals surface area contributed by atoms with E-state index in [0.717, 1.165) is 37.4 Å². The second-order valence-electron chi connectivity index (χ2n) is 9.71. The summed E-state index contributed by atoms with van der Waals surface area (Å²) in [6.07, 6.45) is 4.35. The Bertz CT molecular complexity index is 1370. The lowest BCUT2D eigenvalue weighted by atomic mass is 10.1. The highest BCUT2D eigenvalue weighted by Crippen LogP contribution is 2.30. The molecular weight excluding hydrogens is 456 g/mol. The molecule has 1 fully saturated rings. The molecule has 0 bridgehead atoms. The summed E-state index contributed by atoms with van der Waals surface area (Å²) in [5.74, 6) is 1.62. The molecule has 0 spiro atoms. The number of hydrogen-bond acceptors (Lipinski definition) is 6. The minimum Gasteiger partial charge on any atom is -0.497 e. The maximum absolute atomic E-state index is 13.8. The lowest BCUT2D eigenvalue weighted by Gasteiger charge is -2.32. The normalized spacial score (nSPS) is 17.6. The van der Waals surface area contributed by atoms with Gasteiger partial charge in [-0.1, -0.05) is 12.1 Å². The number of ether oxygens (including phenoxy) is 2. The van der Waals surface area contributed by atoms with E-state index in [-0.39, 0.29) is 30.2 Å². The van der Waals surface area contributed by atoms with E-state index < -0.39 is 0 Å². The Labute approximate surface area is 210 Å². The topological polar surface area (TPSA) is 85.7 Å². The molecule has 0 saturated carbocycles. The number of rotatable bonds is 8. The molecular formula is C28H32N4O4. The number of methoxy groups -OCH3 is 1. The first-order chi connectivity index (χ1) is 17.4. The average molecular weight is 489 g/mol. The molecule has 8 nitrogen and oxygen atoms in total. The SMILES string of the molecule is COc1cccc(-c2nc3ccc(C4=CCC(CN5CCC5)O4)cc3c(=O)n2CC(=O)NC(C)C)c1. The standard InChI is InChI=1S/C28H32N4O4/c1-18(2)29-26(33)17-32-27(20-6-4-7-21(14-20)35-3)30-24-10-8-19(15-23(24)28(32)34)25-11-9-22(36-25)16-31-12-5-13-31/h4,6-8,10-11,14-15,18,22H,5,9,12-13,16-17H2,1-3H3,(H,29,33). The fourth-order valence-corrected chi connectivity index (χ4v) is 4.68. The summed E-state index contributed by atoms with van der Waals surface area (Å²) in [4.78, 5) is 33.7. The van der Waals surface area contributed by atoms with E-state index in [4.69, 9.17) is 14.5 Å². The fraction of sp³-hybridized carbons (Fsp3) is 0.393. The Morgan fingerprint density at radius 3 is 2.75 bits per heavy atom. The average Bonchev–Trinajstić information content (AvgIpc) is 3.31. The van der Waals surface area contributed by atoms with E-state index in [2.05, 4.69) is 16.3 Å². The summed E-state index contributed by atoms with van der Waals surface area (Å²) in [5.41, 5.74) is 1.84. The summed E-state index contributed by atoms with van der Waals surface area (Å²) in [7, 11) is 1.59. The van der Waals surface area contributed by atoms with Crippen LogP contribution >= 0.6 is 0 Å². The van der Waals surface area contributed by atoms with Crippen LogP contribution in [0.5, 0.6) is 5.75 Å². The molecule has 3 aromatic rings. The zero-order valence-corrected chi connectivity index (χ0v) is 21.0.